The number of quaternary nitrogens is 2. The Kier molecular flexibility index (Phi) is 5.40. The molecule has 1 aromatic carbocycles. The van der Waals surface area contributed by atoms with E-state index in [9.17, 15) is 0 Å². The number of benzene rings is 1. The molecule has 0 radical (unpaired) electrons. The molecule has 0 saturated heterocycles. The summed E-state index contributed by atoms with van der Waals surface area (Å²) in [5, 5.41) is 0. The van der Waals surface area contributed by atoms with Crippen molar-refractivity contribution in [3.63, 3.8) is 0 Å². The third kappa shape index (κ3) is 7.00. The Labute approximate surface area is 124 Å². The minimum Gasteiger partial charge on any atom is -0.321 e. The molecule has 0 N–H and O–H groups in total. The van der Waals surface area contributed by atoms with Crippen LogP contribution in [0.2, 0.25) is 0 Å². The van der Waals surface area contributed by atoms with Crippen molar-refractivity contribution in [2.45, 2.75) is 0 Å². The minimum atomic E-state index is 0.834. The van der Waals surface area contributed by atoms with Gasteiger partial charge in [0.2, 0.25) is 0 Å². The summed E-state index contributed by atoms with van der Waals surface area (Å²) in [7, 11) is 12.8. The maximum atomic E-state index is 3.24. The molecule has 0 aromatic heterocycles. The highest BCUT2D eigenvalue weighted by Gasteiger charge is 2.03. The van der Waals surface area contributed by atoms with E-state index in [0.717, 1.165) is 33.2 Å². The zero-order chi connectivity index (χ0) is 15.2. The number of nitrogens with zero attached hydrogens (tertiary/aromatic N) is 2. The standard InChI is InChI=1S/C18H26N2/c1-19(2,3)15-9-13-17-11-7-8-12-18(17)14-10-16-20(4,5)6/h7-8,11-12H,15-16H2,1-6H3/q+2. The third-order valence-electron chi connectivity index (χ3n) is 2.48. The van der Waals surface area contributed by atoms with Gasteiger partial charge in [-0.3, -0.25) is 0 Å². The normalized spacial score (nSPS) is 11.1. The number of rotatable bonds is 2. The summed E-state index contributed by atoms with van der Waals surface area (Å²) >= 11 is 0. The Morgan fingerprint density at radius 3 is 1.35 bits per heavy atom. The molecule has 0 unspecified atom stereocenters. The van der Waals surface area contributed by atoms with Crippen LogP contribution in [0.3, 0.4) is 0 Å². The molecule has 1 aromatic rings. The molecule has 0 aliphatic heterocycles. The van der Waals surface area contributed by atoms with Crippen LogP contribution in [0.1, 0.15) is 11.1 Å². The molecule has 2 nitrogen and oxygen atoms in total. The maximum absolute atomic E-state index is 3.24. The summed E-state index contributed by atoms with van der Waals surface area (Å²) in [6.07, 6.45) is 0. The Morgan fingerprint density at radius 1 is 0.700 bits per heavy atom. The fraction of sp³-hybridized carbons (Fsp3) is 0.444. The first-order valence-electron chi connectivity index (χ1n) is 6.85. The van der Waals surface area contributed by atoms with Crippen molar-refractivity contribution in [2.24, 2.45) is 0 Å². The van der Waals surface area contributed by atoms with E-state index in [0.29, 0.717) is 0 Å². The fourth-order valence-electron chi connectivity index (χ4n) is 1.44. The van der Waals surface area contributed by atoms with Gasteiger partial charge in [0, 0.05) is 11.1 Å². The molecule has 0 bridgehead atoms. The minimum absolute atomic E-state index is 0.834. The molecule has 1 rings (SSSR count). The van der Waals surface area contributed by atoms with Gasteiger partial charge in [0.25, 0.3) is 0 Å². The van der Waals surface area contributed by atoms with Crippen molar-refractivity contribution in [2.75, 3.05) is 55.4 Å². The van der Waals surface area contributed by atoms with Crippen molar-refractivity contribution in [1.82, 2.24) is 0 Å². The summed E-state index contributed by atoms with van der Waals surface area (Å²) < 4.78 is 1.70. The zero-order valence-corrected chi connectivity index (χ0v) is 13.6. The van der Waals surface area contributed by atoms with Crippen LogP contribution in [-0.2, 0) is 0 Å². The van der Waals surface area contributed by atoms with Crippen LogP contribution in [0, 0.1) is 23.7 Å². The molecule has 0 amide bonds. The monoisotopic (exact) mass is 270 g/mol. The molecule has 0 spiro atoms. The largest absolute Gasteiger partial charge is 0.321 e. The van der Waals surface area contributed by atoms with Crippen molar-refractivity contribution in [3.05, 3.63) is 35.4 Å². The average molecular weight is 270 g/mol. The van der Waals surface area contributed by atoms with Gasteiger partial charge in [-0.2, -0.15) is 0 Å². The highest BCUT2D eigenvalue weighted by Crippen LogP contribution is 2.05. The smallest absolute Gasteiger partial charge is 0.140 e. The quantitative estimate of drug-likeness (QED) is 0.568. The van der Waals surface area contributed by atoms with Crippen LogP contribution in [0.15, 0.2) is 24.3 Å². The Balaban J connectivity index is 2.89. The molecule has 0 aliphatic rings. The highest BCUT2D eigenvalue weighted by atomic mass is 15.3. The van der Waals surface area contributed by atoms with Gasteiger partial charge in [0.05, 0.1) is 42.3 Å². The summed E-state index contributed by atoms with van der Waals surface area (Å²) in [6, 6.07) is 8.11. The van der Waals surface area contributed by atoms with E-state index in [4.69, 9.17) is 0 Å². The summed E-state index contributed by atoms with van der Waals surface area (Å²) in [6.45, 7) is 1.67. The van der Waals surface area contributed by atoms with E-state index in [1.165, 1.54) is 0 Å². The Morgan fingerprint density at radius 2 is 1.05 bits per heavy atom. The van der Waals surface area contributed by atoms with E-state index < -0.39 is 0 Å². The lowest BCUT2D eigenvalue weighted by Crippen LogP contribution is -2.34. The van der Waals surface area contributed by atoms with Gasteiger partial charge in [-0.25, -0.2) is 0 Å². The first-order valence-corrected chi connectivity index (χ1v) is 6.85. The molecular weight excluding hydrogens is 244 g/mol. The van der Waals surface area contributed by atoms with Crippen molar-refractivity contribution >= 4 is 0 Å². The molecule has 0 heterocycles. The summed E-state index contributed by atoms with van der Waals surface area (Å²) in [5.74, 6) is 13.0. The Hall–Kier alpha value is -1.74. The van der Waals surface area contributed by atoms with E-state index in [-0.39, 0.29) is 0 Å². The average Bonchev–Trinajstić information content (AvgIpc) is 2.28. The second kappa shape index (κ2) is 6.62. The van der Waals surface area contributed by atoms with Gasteiger partial charge in [0.15, 0.2) is 0 Å². The molecule has 0 aliphatic carbocycles. The van der Waals surface area contributed by atoms with Crippen LogP contribution in [-0.4, -0.2) is 64.3 Å². The maximum Gasteiger partial charge on any atom is 0.140 e. The van der Waals surface area contributed by atoms with E-state index in [1.54, 1.807) is 0 Å². The van der Waals surface area contributed by atoms with Crippen LogP contribution in [0.25, 0.3) is 0 Å². The summed E-state index contributed by atoms with van der Waals surface area (Å²) in [4.78, 5) is 0. The summed E-state index contributed by atoms with van der Waals surface area (Å²) in [5.41, 5.74) is 2.05. The van der Waals surface area contributed by atoms with E-state index in [1.807, 2.05) is 24.3 Å². The molecule has 0 saturated carbocycles. The predicted octanol–water partition coefficient (Wildman–Crippen LogP) is 1.80. The molecular formula is C18H26N2+2. The zero-order valence-electron chi connectivity index (χ0n) is 13.6. The topological polar surface area (TPSA) is 0 Å². The molecule has 106 valence electrons. The van der Waals surface area contributed by atoms with Gasteiger partial charge >= 0.3 is 0 Å². The molecule has 20 heavy (non-hydrogen) atoms. The first-order chi connectivity index (χ1) is 9.17. The second-order valence-electron chi connectivity index (χ2n) is 7.05. The lowest BCUT2D eigenvalue weighted by atomic mass is 10.1. The van der Waals surface area contributed by atoms with E-state index >= 15 is 0 Å². The highest BCUT2D eigenvalue weighted by molar-refractivity contribution is 5.50. The molecule has 0 fully saturated rings. The van der Waals surface area contributed by atoms with Crippen LogP contribution in [0.5, 0.6) is 0 Å². The van der Waals surface area contributed by atoms with Gasteiger partial charge < -0.3 is 8.97 Å². The first kappa shape index (κ1) is 16.3. The molecule has 2 heteroatoms. The third-order valence-corrected chi connectivity index (χ3v) is 2.48. The van der Waals surface area contributed by atoms with Crippen LogP contribution < -0.4 is 0 Å². The van der Waals surface area contributed by atoms with Gasteiger partial charge in [-0.05, 0) is 24.0 Å². The van der Waals surface area contributed by atoms with Crippen molar-refractivity contribution < 1.29 is 8.97 Å². The van der Waals surface area contributed by atoms with E-state index in [2.05, 4.69) is 66.0 Å². The second-order valence-corrected chi connectivity index (χ2v) is 7.05. The molecule has 0 atom stereocenters. The SMILES string of the molecule is C[N+](C)(C)CC#Cc1ccccc1C#CC[N+](C)(C)C. The number of hydrogen-bond donors (Lipinski definition) is 0. The predicted molar refractivity (Wildman–Crippen MR) is 86.0 cm³/mol. The Bertz CT molecular complexity index is 511. The lowest BCUT2D eigenvalue weighted by Gasteiger charge is -2.20. The van der Waals surface area contributed by atoms with Crippen LogP contribution in [0.4, 0.5) is 0 Å². The van der Waals surface area contributed by atoms with Crippen molar-refractivity contribution in [3.8, 4) is 23.7 Å². The fourth-order valence-corrected chi connectivity index (χ4v) is 1.44. The van der Waals surface area contributed by atoms with Gasteiger partial charge in [-0.15, -0.1) is 0 Å². The van der Waals surface area contributed by atoms with Gasteiger partial charge in [0.1, 0.15) is 13.1 Å². The number of hydrogen-bond acceptors (Lipinski definition) is 0. The lowest BCUT2D eigenvalue weighted by molar-refractivity contribution is -0.862. The van der Waals surface area contributed by atoms with Gasteiger partial charge in [-0.1, -0.05) is 24.0 Å². The van der Waals surface area contributed by atoms with Crippen molar-refractivity contribution in [1.29, 1.82) is 0 Å². The van der Waals surface area contributed by atoms with Crippen LogP contribution >= 0.6 is 0 Å².